The number of Topliss-reactive ketones (excluding diaryl/α,β-unsaturated/α-hetero) is 3. The smallest absolute Gasteiger partial charge is 0.226 e. The fraction of sp³-hybridized carbons (Fsp3) is 0.596. The van der Waals surface area contributed by atoms with Crippen molar-refractivity contribution in [3.8, 4) is 34.8 Å². The summed E-state index contributed by atoms with van der Waals surface area (Å²) in [5, 5.41) is 21.5. The number of ether oxygens (including phenoxy) is 2. The lowest BCUT2D eigenvalue weighted by molar-refractivity contribution is -0.143. The van der Waals surface area contributed by atoms with Crippen LogP contribution in [0.25, 0.3) is 11.1 Å². The van der Waals surface area contributed by atoms with E-state index in [1.807, 2.05) is 12.1 Å². The number of nitriles is 2. The third-order valence-corrected chi connectivity index (χ3v) is 11.0. The summed E-state index contributed by atoms with van der Waals surface area (Å²) in [6.07, 6.45) is 10.2. The Kier molecular flexibility index (Phi) is 22.1. The van der Waals surface area contributed by atoms with Crippen molar-refractivity contribution in [3.05, 3.63) is 47.5 Å². The van der Waals surface area contributed by atoms with Crippen molar-refractivity contribution in [2.24, 2.45) is 23.3 Å². The second-order valence-corrected chi connectivity index (χ2v) is 15.9. The number of fused-ring (bicyclic) bond motifs is 5. The zero-order valence-electron chi connectivity index (χ0n) is 36.0. The van der Waals surface area contributed by atoms with Crippen LogP contribution in [-0.4, -0.2) is 73.5 Å². The molecule has 0 saturated carbocycles. The number of likely N-dealkylation sites (N-methyl/N-ethyl adjacent to an activating group) is 1. The van der Waals surface area contributed by atoms with E-state index in [4.69, 9.17) is 20.9 Å². The van der Waals surface area contributed by atoms with Crippen molar-refractivity contribution in [2.45, 2.75) is 135 Å². The molecule has 60 heavy (non-hydrogen) atoms. The molecule has 1 aliphatic rings. The molecule has 2 aromatic rings. The molecule has 0 aliphatic carbocycles. The minimum atomic E-state index is -1.19. The Morgan fingerprint density at radius 2 is 1.43 bits per heavy atom. The Morgan fingerprint density at radius 1 is 0.833 bits per heavy atom. The first-order chi connectivity index (χ1) is 29.0. The highest BCUT2D eigenvalue weighted by atomic mass is 16.5. The van der Waals surface area contributed by atoms with E-state index in [0.29, 0.717) is 40.2 Å². The van der Waals surface area contributed by atoms with Gasteiger partial charge in [0.05, 0.1) is 18.2 Å². The number of carbonyl (C=O) groups excluding carboxylic acids is 5. The Bertz CT molecular complexity index is 1820. The predicted molar refractivity (Wildman–Crippen MR) is 231 cm³/mol. The molecule has 1 aliphatic heterocycles. The third-order valence-electron chi connectivity index (χ3n) is 11.0. The molecule has 0 aromatic heterocycles. The zero-order chi connectivity index (χ0) is 43.9. The van der Waals surface area contributed by atoms with Gasteiger partial charge in [-0.25, -0.2) is 0 Å². The maximum Gasteiger partial charge on any atom is 0.226 e. The SMILES string of the molecule is CCCCCCCCCCCC(=O)C[C@@H](CCC#N)C(=O)N(C)[C@@H]1C(=O)C[C@@H](C)C(=O)N[C@H](C(=O)CCC#N)Cc2ccc(OCCN)c(c2)-c2cc1ccc2OCCN. The average molecular weight is 827 g/mol. The molecule has 0 fully saturated rings. The number of ketones is 3. The molecule has 5 N–H and O–H groups in total. The molecule has 13 nitrogen and oxygen atoms in total. The summed E-state index contributed by atoms with van der Waals surface area (Å²) in [6.45, 7) is 4.61. The third kappa shape index (κ3) is 15.5. The van der Waals surface area contributed by atoms with E-state index in [2.05, 4.69) is 18.3 Å². The van der Waals surface area contributed by atoms with Crippen LogP contribution in [0.5, 0.6) is 11.5 Å². The van der Waals surface area contributed by atoms with Crippen LogP contribution < -0.4 is 26.3 Å². The number of carbonyl (C=O) groups is 5. The van der Waals surface area contributed by atoms with Crippen molar-refractivity contribution in [3.63, 3.8) is 0 Å². The number of hydrogen-bond acceptors (Lipinski definition) is 11. The molecule has 13 heteroatoms. The van der Waals surface area contributed by atoms with Crippen molar-refractivity contribution >= 4 is 29.2 Å². The van der Waals surface area contributed by atoms with Crippen molar-refractivity contribution in [1.82, 2.24) is 10.2 Å². The Labute approximate surface area is 356 Å². The van der Waals surface area contributed by atoms with Crippen molar-refractivity contribution < 1.29 is 33.4 Å². The van der Waals surface area contributed by atoms with Crippen LogP contribution in [0.15, 0.2) is 36.4 Å². The summed E-state index contributed by atoms with van der Waals surface area (Å²) < 4.78 is 12.2. The molecule has 0 saturated heterocycles. The van der Waals surface area contributed by atoms with Gasteiger partial charge in [-0.1, -0.05) is 77.3 Å². The first-order valence-electron chi connectivity index (χ1n) is 21.8. The second kappa shape index (κ2) is 26.9. The maximum absolute atomic E-state index is 14.6. The first-order valence-corrected chi connectivity index (χ1v) is 21.8. The molecule has 4 atom stereocenters. The molecule has 326 valence electrons. The second-order valence-electron chi connectivity index (χ2n) is 15.9. The van der Waals surface area contributed by atoms with Gasteiger partial charge in [0.25, 0.3) is 0 Å². The van der Waals surface area contributed by atoms with E-state index in [1.165, 1.54) is 44.1 Å². The summed E-state index contributed by atoms with van der Waals surface area (Å²) in [5.41, 5.74) is 13.9. The highest BCUT2D eigenvalue weighted by Crippen LogP contribution is 2.41. The maximum atomic E-state index is 14.6. The minimum absolute atomic E-state index is 0.0206. The van der Waals surface area contributed by atoms with Crippen LogP contribution in [0.4, 0.5) is 0 Å². The van der Waals surface area contributed by atoms with Gasteiger partial charge in [0.2, 0.25) is 11.8 Å². The standard InChI is InChI=1S/C47H66N6O7/c1-4-5-6-7-8-9-10-11-12-16-37(54)31-36(15-13-22-48)47(58)53(3)45-35-19-21-44(60-27-25-51)39(32-35)38-29-34(18-20-43(38)59-26-24-50)30-40(41(55)17-14-23-49)52-46(57)33(2)28-42(45)56/h18-21,29,32-33,36,40,45H,4-17,24-28,30-31,50-51H2,1-3H3,(H,52,57)/t33-,36-,40+,45+/m1/s1. The number of nitrogens with two attached hydrogens (primary N) is 2. The number of unbranched alkanes of at least 4 members (excludes halogenated alkanes) is 8. The number of amides is 2. The van der Waals surface area contributed by atoms with Gasteiger partial charge in [0.15, 0.2) is 11.6 Å². The largest absolute Gasteiger partial charge is 0.492 e. The lowest BCUT2D eigenvalue weighted by Crippen LogP contribution is -2.45. The highest BCUT2D eigenvalue weighted by molar-refractivity contribution is 5.96. The molecule has 1 heterocycles. The van der Waals surface area contributed by atoms with Crippen molar-refractivity contribution in [2.75, 3.05) is 33.4 Å². The molecule has 0 unspecified atom stereocenters. The van der Waals surface area contributed by atoms with E-state index in [0.717, 1.165) is 25.7 Å². The molecule has 4 bridgehead atoms. The Hall–Kier alpha value is -5.11. The van der Waals surface area contributed by atoms with E-state index < -0.39 is 41.5 Å². The van der Waals surface area contributed by atoms with Gasteiger partial charge >= 0.3 is 0 Å². The van der Waals surface area contributed by atoms with Crippen LogP contribution in [0, 0.1) is 34.5 Å². The first kappa shape index (κ1) is 49.3. The normalized spacial score (nSPS) is 17.0. The molecule has 0 radical (unpaired) electrons. The summed E-state index contributed by atoms with van der Waals surface area (Å²) >= 11 is 0. The van der Waals surface area contributed by atoms with Crippen LogP contribution >= 0.6 is 0 Å². The van der Waals surface area contributed by atoms with Gasteiger partial charge < -0.3 is 31.2 Å². The van der Waals surface area contributed by atoms with Gasteiger partial charge in [0, 0.05) is 81.6 Å². The topological polar surface area (TPSA) is 219 Å². The van der Waals surface area contributed by atoms with Crippen LogP contribution in [0.1, 0.15) is 134 Å². The minimum Gasteiger partial charge on any atom is -0.492 e. The van der Waals surface area contributed by atoms with Gasteiger partial charge in [-0.3, -0.25) is 24.0 Å². The fourth-order valence-electron chi connectivity index (χ4n) is 7.69. The number of rotatable bonds is 25. The Balaban J connectivity index is 2.07. The van der Waals surface area contributed by atoms with Crippen LogP contribution in [0.3, 0.4) is 0 Å². The lowest BCUT2D eigenvalue weighted by atomic mass is 9.88. The molecule has 2 aromatic carbocycles. The molecular formula is C47H66N6O7. The van der Waals surface area contributed by atoms with E-state index in [-0.39, 0.29) is 82.8 Å². The average Bonchev–Trinajstić information content (AvgIpc) is 3.24. The van der Waals surface area contributed by atoms with Gasteiger partial charge in [-0.2, -0.15) is 10.5 Å². The van der Waals surface area contributed by atoms with Crippen LogP contribution in [0.2, 0.25) is 0 Å². The van der Waals surface area contributed by atoms with Gasteiger partial charge in [-0.15, -0.1) is 0 Å². The number of nitrogens with one attached hydrogen (secondary N) is 1. The summed E-state index contributed by atoms with van der Waals surface area (Å²) in [5.74, 6) is -2.63. The Morgan fingerprint density at radius 3 is 2.05 bits per heavy atom. The van der Waals surface area contributed by atoms with Gasteiger partial charge in [0.1, 0.15) is 36.5 Å². The quantitative estimate of drug-likeness (QED) is 0.0881. The highest BCUT2D eigenvalue weighted by Gasteiger charge is 2.36. The van der Waals surface area contributed by atoms with E-state index >= 15 is 0 Å². The summed E-state index contributed by atoms with van der Waals surface area (Å²) in [4.78, 5) is 70.8. The van der Waals surface area contributed by atoms with E-state index in [1.54, 1.807) is 37.3 Å². The van der Waals surface area contributed by atoms with Crippen molar-refractivity contribution in [1.29, 1.82) is 10.5 Å². The van der Waals surface area contributed by atoms with Gasteiger partial charge in [-0.05, 0) is 54.7 Å². The molecule has 3 rings (SSSR count). The van der Waals surface area contributed by atoms with E-state index in [9.17, 15) is 34.5 Å². The number of nitrogens with zero attached hydrogens (tertiary/aromatic N) is 3. The molecule has 2 amide bonds. The van der Waals surface area contributed by atoms with Crippen LogP contribution in [-0.2, 0) is 30.4 Å². The number of hydrogen-bond donors (Lipinski definition) is 3. The predicted octanol–water partition coefficient (Wildman–Crippen LogP) is 6.84. The molecular weight excluding hydrogens is 761 g/mol. The summed E-state index contributed by atoms with van der Waals surface area (Å²) in [7, 11) is 1.52. The monoisotopic (exact) mass is 826 g/mol. The summed E-state index contributed by atoms with van der Waals surface area (Å²) in [6, 6.07) is 12.4. The fourth-order valence-corrected chi connectivity index (χ4v) is 7.69. The number of benzene rings is 2. The lowest BCUT2D eigenvalue weighted by Gasteiger charge is -2.32. The zero-order valence-corrected chi connectivity index (χ0v) is 36.0. The molecule has 0 spiro atoms.